The van der Waals surface area contributed by atoms with Crippen molar-refractivity contribution >= 4 is 28.0 Å². The van der Waals surface area contributed by atoms with E-state index >= 15 is 4.39 Å². The molecule has 1 aromatic carbocycles. The molecule has 1 aliphatic rings. The molecule has 5 rings (SSSR count). The van der Waals surface area contributed by atoms with E-state index in [0.29, 0.717) is 34.4 Å². The Morgan fingerprint density at radius 3 is 2.83 bits per heavy atom. The smallest absolute Gasteiger partial charge is 0.341 e. The van der Waals surface area contributed by atoms with E-state index in [2.05, 4.69) is 16.3 Å². The molecule has 9 heteroatoms. The van der Waals surface area contributed by atoms with Gasteiger partial charge in [0.1, 0.15) is 5.82 Å². The Kier molecular flexibility index (Phi) is 5.16. The lowest BCUT2D eigenvalue weighted by molar-refractivity contribution is -0.150. The van der Waals surface area contributed by atoms with Crippen LogP contribution >= 0.6 is 0 Å². The van der Waals surface area contributed by atoms with Gasteiger partial charge in [0.2, 0.25) is 5.67 Å². The molecule has 180 valence electrons. The Morgan fingerprint density at radius 2 is 2.17 bits per heavy atom. The Labute approximate surface area is 200 Å². The molecule has 1 fully saturated rings. The third-order valence-electron chi connectivity index (χ3n) is 7.19. The number of H-pyrrole nitrogens is 1. The standard InChI is InChI=1S/C26H25F2N5O2/c1-14-10-17(4-5-18(14)27)33-19-11-16-13-30-32-23(16)31-21(19)20(22(33)25(2,3)8-9-29)15-6-7-26(28,12-15)24(34)35/h4-5,10-11,13,15H,6-8,12H2,1-3H3,(H,34,35)(H,30,31,32)/t15-,26+/m1/s1. The summed E-state index contributed by atoms with van der Waals surface area (Å²) in [6, 6.07) is 8.97. The van der Waals surface area contributed by atoms with Crippen LogP contribution in [-0.2, 0) is 10.2 Å². The summed E-state index contributed by atoms with van der Waals surface area (Å²) >= 11 is 0. The number of halogens is 2. The highest BCUT2D eigenvalue weighted by Gasteiger charge is 2.49. The van der Waals surface area contributed by atoms with Crippen molar-refractivity contribution < 1.29 is 18.7 Å². The molecule has 2 atom stereocenters. The zero-order valence-electron chi connectivity index (χ0n) is 19.7. The Morgan fingerprint density at radius 1 is 1.40 bits per heavy atom. The number of carboxylic acids is 1. The monoisotopic (exact) mass is 477 g/mol. The van der Waals surface area contributed by atoms with Gasteiger partial charge in [-0.05, 0) is 61.9 Å². The second kappa shape index (κ2) is 7.87. The molecule has 0 bridgehead atoms. The Hall–Kier alpha value is -3.80. The quantitative estimate of drug-likeness (QED) is 0.389. The van der Waals surface area contributed by atoms with E-state index in [0.717, 1.165) is 16.6 Å². The van der Waals surface area contributed by atoms with Gasteiger partial charge in [0, 0.05) is 34.2 Å². The molecule has 4 aromatic rings. The predicted molar refractivity (Wildman–Crippen MR) is 127 cm³/mol. The molecule has 3 aromatic heterocycles. The van der Waals surface area contributed by atoms with Crippen LogP contribution < -0.4 is 0 Å². The van der Waals surface area contributed by atoms with Crippen LogP contribution in [0.1, 0.15) is 62.3 Å². The highest BCUT2D eigenvalue weighted by molar-refractivity contribution is 5.94. The molecule has 35 heavy (non-hydrogen) atoms. The topological polar surface area (TPSA) is 108 Å². The molecule has 0 amide bonds. The lowest BCUT2D eigenvalue weighted by Gasteiger charge is -2.28. The van der Waals surface area contributed by atoms with Crippen LogP contribution in [0.4, 0.5) is 8.78 Å². The fourth-order valence-corrected chi connectivity index (χ4v) is 5.40. The second-order valence-electron chi connectivity index (χ2n) is 10.1. The lowest BCUT2D eigenvalue weighted by atomic mass is 9.80. The summed E-state index contributed by atoms with van der Waals surface area (Å²) < 4.78 is 31.4. The number of aromatic amines is 1. The van der Waals surface area contributed by atoms with Crippen LogP contribution in [0.15, 0.2) is 30.5 Å². The number of rotatable bonds is 5. The first-order valence-electron chi connectivity index (χ1n) is 11.5. The van der Waals surface area contributed by atoms with E-state index in [1.54, 1.807) is 25.3 Å². The average Bonchev–Trinajstić information content (AvgIpc) is 3.50. The maximum atomic E-state index is 15.2. The molecule has 0 saturated heterocycles. The van der Waals surface area contributed by atoms with Gasteiger partial charge in [0.05, 0.1) is 23.3 Å². The predicted octanol–water partition coefficient (Wildman–Crippen LogP) is 5.60. The van der Waals surface area contributed by atoms with E-state index in [1.165, 1.54) is 6.07 Å². The number of aliphatic carboxylic acids is 1. The Balaban J connectivity index is 1.89. The van der Waals surface area contributed by atoms with Crippen molar-refractivity contribution in [1.29, 1.82) is 5.26 Å². The van der Waals surface area contributed by atoms with Crippen LogP contribution in [0.25, 0.3) is 27.8 Å². The number of aromatic nitrogens is 4. The van der Waals surface area contributed by atoms with E-state index in [-0.39, 0.29) is 25.1 Å². The van der Waals surface area contributed by atoms with E-state index in [1.807, 2.05) is 24.5 Å². The highest BCUT2D eigenvalue weighted by Crippen LogP contribution is 2.50. The molecule has 7 nitrogen and oxygen atoms in total. The van der Waals surface area contributed by atoms with E-state index in [9.17, 15) is 19.6 Å². The van der Waals surface area contributed by atoms with Gasteiger partial charge in [-0.3, -0.25) is 5.10 Å². The van der Waals surface area contributed by atoms with Gasteiger partial charge in [-0.2, -0.15) is 10.4 Å². The van der Waals surface area contributed by atoms with Gasteiger partial charge in [-0.25, -0.2) is 18.6 Å². The van der Waals surface area contributed by atoms with Crippen LogP contribution in [0, 0.1) is 24.1 Å². The van der Waals surface area contributed by atoms with Crippen molar-refractivity contribution in [2.45, 2.75) is 63.5 Å². The van der Waals surface area contributed by atoms with E-state index in [4.69, 9.17) is 4.98 Å². The van der Waals surface area contributed by atoms with Gasteiger partial charge in [0.15, 0.2) is 5.65 Å². The minimum absolute atomic E-state index is 0.0975. The highest BCUT2D eigenvalue weighted by atomic mass is 19.1. The van der Waals surface area contributed by atoms with Gasteiger partial charge in [-0.15, -0.1) is 0 Å². The molecule has 0 unspecified atom stereocenters. The molecular weight excluding hydrogens is 452 g/mol. The van der Waals surface area contributed by atoms with Crippen molar-refractivity contribution in [2.24, 2.45) is 0 Å². The number of alkyl halides is 1. The molecule has 2 N–H and O–H groups in total. The number of benzene rings is 1. The van der Waals surface area contributed by atoms with Gasteiger partial charge < -0.3 is 9.67 Å². The molecule has 0 radical (unpaired) electrons. The lowest BCUT2D eigenvalue weighted by Crippen LogP contribution is -2.30. The van der Waals surface area contributed by atoms with Crippen molar-refractivity contribution in [2.75, 3.05) is 0 Å². The fraction of sp³-hybridized carbons (Fsp3) is 0.385. The molecule has 0 spiro atoms. The minimum Gasteiger partial charge on any atom is -0.479 e. The normalized spacial score (nSPS) is 20.5. The number of nitrogens with one attached hydrogen (secondary N) is 1. The van der Waals surface area contributed by atoms with E-state index < -0.39 is 23.0 Å². The number of hydrogen-bond acceptors (Lipinski definition) is 4. The number of carboxylic acid groups (broad SMARTS) is 1. The van der Waals surface area contributed by atoms with Crippen molar-refractivity contribution in [1.82, 2.24) is 19.7 Å². The maximum absolute atomic E-state index is 15.2. The average molecular weight is 478 g/mol. The van der Waals surface area contributed by atoms with Crippen molar-refractivity contribution in [3.8, 4) is 11.8 Å². The summed E-state index contributed by atoms with van der Waals surface area (Å²) in [5.41, 5.74) is 1.50. The number of nitrogens with zero attached hydrogens (tertiary/aromatic N) is 4. The molecule has 1 aliphatic carbocycles. The maximum Gasteiger partial charge on any atom is 0.341 e. The zero-order chi connectivity index (χ0) is 25.1. The number of hydrogen-bond donors (Lipinski definition) is 2. The first kappa shape index (κ1) is 23.0. The number of fused-ring (bicyclic) bond motifs is 2. The van der Waals surface area contributed by atoms with Crippen LogP contribution in [0.2, 0.25) is 0 Å². The number of aryl methyl sites for hydroxylation is 1. The molecule has 0 aliphatic heterocycles. The SMILES string of the molecule is Cc1cc(-n2c(C(C)(C)CC#N)c([C@@H]3CC[C@@](F)(C(=O)O)C3)c3nc4[nH]ncc4cc32)ccc1F. The summed E-state index contributed by atoms with van der Waals surface area (Å²) in [6.07, 6.45) is 1.88. The van der Waals surface area contributed by atoms with Crippen molar-refractivity contribution in [3.05, 3.63) is 53.1 Å². The van der Waals surface area contributed by atoms with Crippen molar-refractivity contribution in [3.63, 3.8) is 0 Å². The van der Waals surface area contributed by atoms with Crippen LogP contribution in [0.3, 0.4) is 0 Å². The summed E-state index contributed by atoms with van der Waals surface area (Å²) in [5, 5.41) is 26.9. The largest absolute Gasteiger partial charge is 0.479 e. The second-order valence-corrected chi connectivity index (χ2v) is 10.1. The van der Waals surface area contributed by atoms with Gasteiger partial charge in [-0.1, -0.05) is 13.8 Å². The third kappa shape index (κ3) is 3.55. The fourth-order valence-electron chi connectivity index (χ4n) is 5.40. The van der Waals surface area contributed by atoms with Gasteiger partial charge in [0.25, 0.3) is 0 Å². The summed E-state index contributed by atoms with van der Waals surface area (Å²) in [6.45, 7) is 5.55. The van der Waals surface area contributed by atoms with Crippen LogP contribution in [-0.4, -0.2) is 36.5 Å². The summed E-state index contributed by atoms with van der Waals surface area (Å²) in [7, 11) is 0. The number of pyridine rings is 1. The number of nitriles is 1. The zero-order valence-corrected chi connectivity index (χ0v) is 19.7. The first-order chi connectivity index (χ1) is 16.6. The molecular formula is C26H25F2N5O2. The third-order valence-corrected chi connectivity index (χ3v) is 7.19. The summed E-state index contributed by atoms with van der Waals surface area (Å²) in [5.74, 6) is -2.21. The van der Waals surface area contributed by atoms with Crippen LogP contribution in [0.5, 0.6) is 0 Å². The van der Waals surface area contributed by atoms with Gasteiger partial charge >= 0.3 is 5.97 Å². The first-order valence-corrected chi connectivity index (χ1v) is 11.5. The summed E-state index contributed by atoms with van der Waals surface area (Å²) in [4.78, 5) is 16.5. The number of carbonyl (C=O) groups is 1. The Bertz CT molecular complexity index is 1530. The molecule has 3 heterocycles. The molecule has 1 saturated carbocycles. The minimum atomic E-state index is -2.32.